The second-order valence-electron chi connectivity index (χ2n) is 6.21. The Hall–Kier alpha value is -1.57. The Bertz CT molecular complexity index is 779. The van der Waals surface area contributed by atoms with Crippen LogP contribution >= 0.6 is 27.3 Å². The SMILES string of the molecule is COc1cccc(C(c2ccc(Br)s2)N2CCCCC2C(=O)O)c1OC. The first kappa shape index (κ1) is 19.2. The van der Waals surface area contributed by atoms with E-state index in [1.165, 1.54) is 0 Å². The maximum Gasteiger partial charge on any atom is 0.320 e. The number of thiophene rings is 1. The predicted octanol–water partition coefficient (Wildman–Crippen LogP) is 4.56. The van der Waals surface area contributed by atoms with Crippen LogP contribution in [0.15, 0.2) is 34.1 Å². The van der Waals surface area contributed by atoms with E-state index < -0.39 is 12.0 Å². The minimum Gasteiger partial charge on any atom is -0.493 e. The lowest BCUT2D eigenvalue weighted by molar-refractivity contribution is -0.145. The maximum atomic E-state index is 11.9. The van der Waals surface area contributed by atoms with Crippen molar-refractivity contribution in [1.29, 1.82) is 0 Å². The summed E-state index contributed by atoms with van der Waals surface area (Å²) in [4.78, 5) is 15.1. The van der Waals surface area contributed by atoms with Crippen molar-refractivity contribution in [2.24, 2.45) is 0 Å². The van der Waals surface area contributed by atoms with Crippen molar-refractivity contribution in [1.82, 2.24) is 4.90 Å². The number of carboxylic acids is 1. The fraction of sp³-hybridized carbons (Fsp3) is 0.421. The Balaban J connectivity index is 2.15. The number of hydrogen-bond acceptors (Lipinski definition) is 5. The van der Waals surface area contributed by atoms with E-state index in [0.717, 1.165) is 33.6 Å². The molecule has 2 heterocycles. The molecule has 0 bridgehead atoms. The standard InChI is InChI=1S/C19H22BrNO4S/c1-24-14-8-5-6-12(18(14)25-2)17(15-9-10-16(20)26-15)21-11-4-3-7-13(21)19(22)23/h5-6,8-10,13,17H,3-4,7,11H2,1-2H3,(H,22,23). The minimum atomic E-state index is -0.771. The van der Waals surface area contributed by atoms with Gasteiger partial charge in [0, 0.05) is 10.4 Å². The number of halogens is 1. The zero-order chi connectivity index (χ0) is 18.7. The minimum absolute atomic E-state index is 0.197. The van der Waals surface area contributed by atoms with Gasteiger partial charge in [-0.2, -0.15) is 0 Å². The third-order valence-electron chi connectivity index (χ3n) is 4.75. The van der Waals surface area contributed by atoms with Gasteiger partial charge in [-0.15, -0.1) is 11.3 Å². The highest BCUT2D eigenvalue weighted by atomic mass is 79.9. The molecule has 0 amide bonds. The van der Waals surface area contributed by atoms with Crippen molar-refractivity contribution in [2.75, 3.05) is 20.8 Å². The predicted molar refractivity (Wildman–Crippen MR) is 105 cm³/mol. The highest BCUT2D eigenvalue weighted by Crippen LogP contribution is 2.44. The molecule has 1 fully saturated rings. The summed E-state index contributed by atoms with van der Waals surface area (Å²) in [5, 5.41) is 9.78. The molecule has 7 heteroatoms. The molecule has 0 saturated carbocycles. The third kappa shape index (κ3) is 3.75. The quantitative estimate of drug-likeness (QED) is 0.714. The van der Waals surface area contributed by atoms with Gasteiger partial charge in [0.1, 0.15) is 6.04 Å². The summed E-state index contributed by atoms with van der Waals surface area (Å²) >= 11 is 5.15. The van der Waals surface area contributed by atoms with E-state index in [4.69, 9.17) is 9.47 Å². The summed E-state index contributed by atoms with van der Waals surface area (Å²) in [5.41, 5.74) is 0.925. The van der Waals surface area contributed by atoms with Gasteiger partial charge < -0.3 is 14.6 Å². The second-order valence-corrected chi connectivity index (χ2v) is 8.71. The first-order valence-electron chi connectivity index (χ1n) is 8.51. The number of hydrogen-bond donors (Lipinski definition) is 1. The van der Waals surface area contributed by atoms with Crippen LogP contribution in [0.5, 0.6) is 11.5 Å². The summed E-state index contributed by atoms with van der Waals surface area (Å²) in [7, 11) is 3.23. The normalized spacial score (nSPS) is 19.1. The van der Waals surface area contributed by atoms with Crippen LogP contribution in [0.2, 0.25) is 0 Å². The molecule has 1 aliphatic rings. The first-order valence-corrected chi connectivity index (χ1v) is 10.1. The number of aliphatic carboxylic acids is 1. The summed E-state index contributed by atoms with van der Waals surface area (Å²) < 4.78 is 12.1. The highest BCUT2D eigenvalue weighted by Gasteiger charge is 2.37. The number of piperidine rings is 1. The van der Waals surface area contributed by atoms with Gasteiger partial charge >= 0.3 is 5.97 Å². The summed E-state index contributed by atoms with van der Waals surface area (Å²) in [6.45, 7) is 0.734. The van der Waals surface area contributed by atoms with Gasteiger partial charge in [-0.3, -0.25) is 9.69 Å². The van der Waals surface area contributed by atoms with Crippen LogP contribution in [0.25, 0.3) is 0 Å². The van der Waals surface area contributed by atoms with Crippen LogP contribution in [-0.2, 0) is 4.79 Å². The Morgan fingerprint density at radius 2 is 2.08 bits per heavy atom. The largest absolute Gasteiger partial charge is 0.493 e. The molecule has 0 radical (unpaired) electrons. The van der Waals surface area contributed by atoms with Crippen LogP contribution in [-0.4, -0.2) is 42.8 Å². The van der Waals surface area contributed by atoms with E-state index >= 15 is 0 Å². The Labute approximate surface area is 165 Å². The lowest BCUT2D eigenvalue weighted by atomic mass is 9.94. The van der Waals surface area contributed by atoms with Crippen molar-refractivity contribution in [2.45, 2.75) is 31.3 Å². The van der Waals surface area contributed by atoms with Crippen molar-refractivity contribution < 1.29 is 19.4 Å². The number of methoxy groups -OCH3 is 2. The summed E-state index contributed by atoms with van der Waals surface area (Å²) in [6.07, 6.45) is 2.58. The Morgan fingerprint density at radius 3 is 2.69 bits per heavy atom. The van der Waals surface area contributed by atoms with Crippen molar-refractivity contribution in [3.8, 4) is 11.5 Å². The van der Waals surface area contributed by atoms with Crippen molar-refractivity contribution in [3.05, 3.63) is 44.6 Å². The molecule has 5 nitrogen and oxygen atoms in total. The number of likely N-dealkylation sites (tertiary alicyclic amines) is 1. The molecule has 2 aromatic rings. The van der Waals surface area contributed by atoms with E-state index in [-0.39, 0.29) is 6.04 Å². The van der Waals surface area contributed by atoms with E-state index in [9.17, 15) is 9.90 Å². The molecule has 2 unspecified atom stereocenters. The molecule has 1 N–H and O–H groups in total. The van der Waals surface area contributed by atoms with Crippen molar-refractivity contribution >= 4 is 33.2 Å². The maximum absolute atomic E-state index is 11.9. The third-order valence-corrected chi connectivity index (χ3v) is 6.43. The monoisotopic (exact) mass is 439 g/mol. The summed E-state index contributed by atoms with van der Waals surface area (Å²) in [5.74, 6) is 0.529. The number of rotatable bonds is 6. The molecule has 1 aromatic heterocycles. The van der Waals surface area contributed by atoms with Crippen LogP contribution in [0.1, 0.15) is 35.7 Å². The number of nitrogens with zero attached hydrogens (tertiary/aromatic N) is 1. The molecule has 3 rings (SSSR count). The van der Waals surface area contributed by atoms with Crippen LogP contribution < -0.4 is 9.47 Å². The van der Waals surface area contributed by atoms with Gasteiger partial charge in [0.15, 0.2) is 11.5 Å². The van der Waals surface area contributed by atoms with Gasteiger partial charge in [-0.25, -0.2) is 0 Å². The molecule has 140 valence electrons. The van der Waals surface area contributed by atoms with Gasteiger partial charge in [-0.1, -0.05) is 18.6 Å². The van der Waals surface area contributed by atoms with Crippen molar-refractivity contribution in [3.63, 3.8) is 0 Å². The number of para-hydroxylation sites is 1. The highest BCUT2D eigenvalue weighted by molar-refractivity contribution is 9.11. The van der Waals surface area contributed by atoms with Crippen LogP contribution in [0.4, 0.5) is 0 Å². The summed E-state index contributed by atoms with van der Waals surface area (Å²) in [6, 6.07) is 9.11. The average Bonchev–Trinajstić information content (AvgIpc) is 3.07. The number of carboxylic acid groups (broad SMARTS) is 1. The van der Waals surface area contributed by atoms with Crippen LogP contribution in [0.3, 0.4) is 0 Å². The second kappa shape index (κ2) is 8.41. The van der Waals surface area contributed by atoms with Crippen LogP contribution in [0, 0.1) is 0 Å². The topological polar surface area (TPSA) is 59.0 Å². The van der Waals surface area contributed by atoms with Gasteiger partial charge in [0.05, 0.1) is 24.0 Å². The Morgan fingerprint density at radius 1 is 1.27 bits per heavy atom. The smallest absolute Gasteiger partial charge is 0.320 e. The lowest BCUT2D eigenvalue weighted by Crippen LogP contribution is -2.46. The number of benzene rings is 1. The molecule has 0 aliphatic carbocycles. The number of ether oxygens (including phenoxy) is 2. The molecule has 26 heavy (non-hydrogen) atoms. The van der Waals surface area contributed by atoms with E-state index in [0.29, 0.717) is 17.9 Å². The molecule has 1 aliphatic heterocycles. The molecular formula is C19H22BrNO4S. The molecule has 2 atom stereocenters. The fourth-order valence-corrected chi connectivity index (χ4v) is 5.19. The van der Waals surface area contributed by atoms with Gasteiger partial charge in [0.25, 0.3) is 0 Å². The van der Waals surface area contributed by atoms with E-state index in [1.54, 1.807) is 25.6 Å². The van der Waals surface area contributed by atoms with Gasteiger partial charge in [-0.05, 0) is 53.5 Å². The Kier molecular flexibility index (Phi) is 6.21. The van der Waals surface area contributed by atoms with Gasteiger partial charge in [0.2, 0.25) is 0 Å². The number of carbonyl (C=O) groups is 1. The zero-order valence-corrected chi connectivity index (χ0v) is 17.2. The molecule has 1 saturated heterocycles. The molecule has 1 aromatic carbocycles. The lowest BCUT2D eigenvalue weighted by Gasteiger charge is -2.39. The zero-order valence-electron chi connectivity index (χ0n) is 14.8. The van der Waals surface area contributed by atoms with E-state index in [1.807, 2.05) is 30.3 Å². The fourth-order valence-electron chi connectivity index (χ4n) is 3.63. The first-order chi connectivity index (χ1) is 12.6. The van der Waals surface area contributed by atoms with E-state index in [2.05, 4.69) is 20.8 Å². The molecular weight excluding hydrogens is 418 g/mol. The molecule has 0 spiro atoms. The average molecular weight is 440 g/mol.